The third-order valence-corrected chi connectivity index (χ3v) is 6.25. The average molecular weight is 329 g/mol. The van der Waals surface area contributed by atoms with Crippen LogP contribution < -0.4 is 0 Å². The minimum atomic E-state index is -1.09. The topological polar surface area (TPSA) is 20.2 Å². The molecule has 0 saturated carbocycles. The third kappa shape index (κ3) is 3.85. The van der Waals surface area contributed by atoms with Crippen molar-refractivity contribution in [1.29, 1.82) is 0 Å². The standard InChI is InChI=1S/C22H34NO/c1-5-21(3,6-2)22(24,20-14-9-7-10-15-20)16-13-19-23(4)17-11-8-12-18-23/h7,9-10,14-15,24H,5-6,8,11-12,17-19H2,1-4H3/q+1. The van der Waals surface area contributed by atoms with Gasteiger partial charge in [0, 0.05) is 5.41 Å². The maximum atomic E-state index is 11.6. The van der Waals surface area contributed by atoms with Crippen LogP contribution in [0.25, 0.3) is 0 Å². The van der Waals surface area contributed by atoms with Crippen LogP contribution in [0.15, 0.2) is 30.3 Å². The maximum Gasteiger partial charge on any atom is 0.156 e. The van der Waals surface area contributed by atoms with Crippen LogP contribution in [0.2, 0.25) is 0 Å². The summed E-state index contributed by atoms with van der Waals surface area (Å²) in [5, 5.41) is 11.6. The number of piperidine rings is 1. The fourth-order valence-electron chi connectivity index (χ4n) is 3.80. The van der Waals surface area contributed by atoms with E-state index < -0.39 is 5.60 Å². The van der Waals surface area contributed by atoms with Crippen molar-refractivity contribution in [2.45, 2.75) is 58.5 Å². The highest BCUT2D eigenvalue weighted by molar-refractivity contribution is 5.35. The Morgan fingerprint density at radius 1 is 1.04 bits per heavy atom. The van der Waals surface area contributed by atoms with E-state index in [1.165, 1.54) is 32.4 Å². The Labute approximate surface area is 148 Å². The van der Waals surface area contributed by atoms with Crippen LogP contribution in [-0.4, -0.2) is 36.3 Å². The Bertz CT molecular complexity index is 573. The summed E-state index contributed by atoms with van der Waals surface area (Å²) in [6, 6.07) is 10.00. The molecule has 1 aromatic rings. The SMILES string of the molecule is CCC(C)(CC)C(O)(C#CC[N+]1(C)CCCCC1)c1ccccc1. The van der Waals surface area contributed by atoms with Crippen LogP contribution in [0, 0.1) is 17.3 Å². The average Bonchev–Trinajstić information content (AvgIpc) is 2.62. The monoisotopic (exact) mass is 328 g/mol. The summed E-state index contributed by atoms with van der Waals surface area (Å²) in [5.74, 6) is 6.70. The number of aliphatic hydroxyl groups is 1. The number of hydrogen-bond donors (Lipinski definition) is 1. The summed E-state index contributed by atoms with van der Waals surface area (Å²) in [7, 11) is 2.30. The smallest absolute Gasteiger partial charge is 0.156 e. The van der Waals surface area contributed by atoms with Crippen molar-refractivity contribution in [2.24, 2.45) is 5.41 Å². The molecule has 132 valence electrons. The Balaban J connectivity index is 2.33. The van der Waals surface area contributed by atoms with Crippen LogP contribution in [0.1, 0.15) is 58.4 Å². The first-order chi connectivity index (χ1) is 11.4. The highest BCUT2D eigenvalue weighted by atomic mass is 16.3. The molecule has 1 aromatic carbocycles. The van der Waals surface area contributed by atoms with E-state index in [4.69, 9.17) is 0 Å². The summed E-state index contributed by atoms with van der Waals surface area (Å²) < 4.78 is 1.02. The first-order valence-corrected chi connectivity index (χ1v) is 9.51. The van der Waals surface area contributed by atoms with Crippen molar-refractivity contribution in [3.8, 4) is 11.8 Å². The van der Waals surface area contributed by atoms with Gasteiger partial charge in [-0.15, -0.1) is 0 Å². The number of hydrogen-bond acceptors (Lipinski definition) is 1. The van der Waals surface area contributed by atoms with Crippen molar-refractivity contribution >= 4 is 0 Å². The lowest BCUT2D eigenvalue weighted by Crippen LogP contribution is -2.48. The zero-order chi connectivity index (χ0) is 17.7. The van der Waals surface area contributed by atoms with Crippen LogP contribution in [0.4, 0.5) is 0 Å². The second-order valence-electron chi connectivity index (χ2n) is 7.93. The molecule has 2 rings (SSSR count). The molecule has 0 spiro atoms. The lowest BCUT2D eigenvalue weighted by molar-refractivity contribution is -0.907. The highest BCUT2D eigenvalue weighted by Gasteiger charge is 2.44. The predicted molar refractivity (Wildman–Crippen MR) is 101 cm³/mol. The second kappa shape index (κ2) is 7.72. The van der Waals surface area contributed by atoms with Gasteiger partial charge < -0.3 is 9.59 Å². The van der Waals surface area contributed by atoms with E-state index in [9.17, 15) is 5.11 Å². The maximum absolute atomic E-state index is 11.6. The lowest BCUT2D eigenvalue weighted by atomic mass is 9.66. The fourth-order valence-corrected chi connectivity index (χ4v) is 3.80. The number of benzene rings is 1. The largest absolute Gasteiger partial charge is 0.373 e. The Kier molecular flexibility index (Phi) is 6.12. The Hall–Kier alpha value is -1.30. The fraction of sp³-hybridized carbons (Fsp3) is 0.636. The lowest BCUT2D eigenvalue weighted by Gasteiger charge is -2.41. The molecule has 24 heavy (non-hydrogen) atoms. The first kappa shape index (κ1) is 19.0. The normalized spacial score (nSPS) is 19.9. The molecule has 1 aliphatic rings. The molecule has 0 bridgehead atoms. The van der Waals surface area contributed by atoms with Crippen LogP contribution in [0.5, 0.6) is 0 Å². The molecule has 1 unspecified atom stereocenters. The summed E-state index contributed by atoms with van der Waals surface area (Å²) in [6.45, 7) is 9.70. The van der Waals surface area contributed by atoms with Gasteiger partial charge in [-0.05, 0) is 43.6 Å². The zero-order valence-corrected chi connectivity index (χ0v) is 15.9. The highest BCUT2D eigenvalue weighted by Crippen LogP contribution is 2.44. The third-order valence-electron chi connectivity index (χ3n) is 6.25. The van der Waals surface area contributed by atoms with Gasteiger partial charge in [-0.3, -0.25) is 0 Å². The van der Waals surface area contributed by atoms with Crippen LogP contribution in [0.3, 0.4) is 0 Å². The first-order valence-electron chi connectivity index (χ1n) is 9.51. The minimum absolute atomic E-state index is 0.248. The van der Waals surface area contributed by atoms with E-state index >= 15 is 0 Å². The molecular weight excluding hydrogens is 294 g/mol. The number of quaternary nitrogens is 1. The molecule has 0 aromatic heterocycles. The van der Waals surface area contributed by atoms with Crippen LogP contribution in [-0.2, 0) is 5.60 Å². The van der Waals surface area contributed by atoms with Crippen molar-refractivity contribution in [2.75, 3.05) is 26.7 Å². The zero-order valence-electron chi connectivity index (χ0n) is 15.9. The Morgan fingerprint density at radius 2 is 1.62 bits per heavy atom. The summed E-state index contributed by atoms with van der Waals surface area (Å²) >= 11 is 0. The molecule has 2 heteroatoms. The van der Waals surface area contributed by atoms with Gasteiger partial charge in [-0.1, -0.05) is 57.0 Å². The van der Waals surface area contributed by atoms with Gasteiger partial charge in [0.1, 0.15) is 6.54 Å². The van der Waals surface area contributed by atoms with Gasteiger partial charge in [0.2, 0.25) is 0 Å². The van der Waals surface area contributed by atoms with Gasteiger partial charge in [0.25, 0.3) is 0 Å². The van der Waals surface area contributed by atoms with E-state index in [0.29, 0.717) is 0 Å². The molecule has 0 amide bonds. The summed E-state index contributed by atoms with van der Waals surface area (Å²) in [5.41, 5.74) is -0.417. The summed E-state index contributed by atoms with van der Waals surface area (Å²) in [6.07, 6.45) is 5.73. The summed E-state index contributed by atoms with van der Waals surface area (Å²) in [4.78, 5) is 0. The van der Waals surface area contributed by atoms with E-state index in [2.05, 4.69) is 39.7 Å². The van der Waals surface area contributed by atoms with Crippen molar-refractivity contribution < 1.29 is 9.59 Å². The molecule has 1 heterocycles. The molecular formula is C22H34NO+. The van der Waals surface area contributed by atoms with Crippen molar-refractivity contribution in [3.63, 3.8) is 0 Å². The molecule has 1 fully saturated rings. The molecule has 1 aliphatic heterocycles. The number of likely N-dealkylation sites (tertiary alicyclic amines) is 1. The second-order valence-corrected chi connectivity index (χ2v) is 7.93. The van der Waals surface area contributed by atoms with E-state index in [-0.39, 0.29) is 5.41 Å². The van der Waals surface area contributed by atoms with Gasteiger partial charge in [-0.2, -0.15) is 0 Å². The number of rotatable bonds is 5. The van der Waals surface area contributed by atoms with E-state index in [1.54, 1.807) is 0 Å². The molecule has 1 N–H and O–H groups in total. The Morgan fingerprint density at radius 3 is 2.17 bits per heavy atom. The number of nitrogens with zero attached hydrogens (tertiary/aromatic N) is 1. The molecule has 2 nitrogen and oxygen atoms in total. The van der Waals surface area contributed by atoms with Crippen molar-refractivity contribution in [3.05, 3.63) is 35.9 Å². The molecule has 1 atom stereocenters. The molecule has 0 aliphatic carbocycles. The molecule has 0 radical (unpaired) electrons. The quantitative estimate of drug-likeness (QED) is 0.630. The minimum Gasteiger partial charge on any atom is -0.373 e. The van der Waals surface area contributed by atoms with Gasteiger partial charge in [0.05, 0.1) is 20.1 Å². The molecule has 1 saturated heterocycles. The van der Waals surface area contributed by atoms with Gasteiger partial charge in [0.15, 0.2) is 5.60 Å². The van der Waals surface area contributed by atoms with Crippen LogP contribution >= 0.6 is 0 Å². The van der Waals surface area contributed by atoms with E-state index in [1.807, 2.05) is 30.3 Å². The van der Waals surface area contributed by atoms with Gasteiger partial charge in [-0.25, -0.2) is 0 Å². The predicted octanol–water partition coefficient (Wildman–Crippen LogP) is 4.33. The van der Waals surface area contributed by atoms with Gasteiger partial charge >= 0.3 is 0 Å². The van der Waals surface area contributed by atoms with E-state index in [0.717, 1.165) is 29.4 Å². The van der Waals surface area contributed by atoms with Crippen molar-refractivity contribution in [1.82, 2.24) is 0 Å².